The lowest BCUT2D eigenvalue weighted by atomic mass is 9.97. The molecule has 0 unspecified atom stereocenters. The van der Waals surface area contributed by atoms with Crippen LogP contribution in [0.1, 0.15) is 24.1 Å². The summed E-state index contributed by atoms with van der Waals surface area (Å²) >= 11 is 0. The van der Waals surface area contributed by atoms with E-state index in [1.165, 1.54) is 0 Å². The summed E-state index contributed by atoms with van der Waals surface area (Å²) < 4.78 is 1.70. The van der Waals surface area contributed by atoms with Crippen molar-refractivity contribution in [2.24, 2.45) is 7.05 Å². The van der Waals surface area contributed by atoms with E-state index in [-0.39, 0.29) is 5.56 Å². The lowest BCUT2D eigenvalue weighted by molar-refractivity contribution is 0.657. The molecule has 2 heterocycles. The van der Waals surface area contributed by atoms with E-state index in [2.05, 4.69) is 15.1 Å². The maximum atomic E-state index is 11.9. The second-order valence-electron chi connectivity index (χ2n) is 4.45. The van der Waals surface area contributed by atoms with Gasteiger partial charge in [-0.3, -0.25) is 9.48 Å². The number of hydrogen-bond donors (Lipinski definition) is 1. The average molecular weight is 230 g/mol. The highest BCUT2D eigenvalue weighted by Crippen LogP contribution is 2.19. The van der Waals surface area contributed by atoms with Gasteiger partial charge < -0.3 is 4.98 Å². The van der Waals surface area contributed by atoms with Crippen LogP contribution < -0.4 is 5.56 Å². The molecule has 3 rings (SSSR count). The van der Waals surface area contributed by atoms with Crippen LogP contribution in [0.15, 0.2) is 17.2 Å². The van der Waals surface area contributed by atoms with Gasteiger partial charge in [-0.2, -0.15) is 5.10 Å². The summed E-state index contributed by atoms with van der Waals surface area (Å²) in [5.41, 5.74) is 2.69. The quantitative estimate of drug-likeness (QED) is 0.796. The van der Waals surface area contributed by atoms with Gasteiger partial charge in [-0.25, -0.2) is 4.98 Å². The molecule has 0 saturated heterocycles. The molecule has 0 radical (unpaired) electrons. The van der Waals surface area contributed by atoms with Crippen LogP contribution in [0.5, 0.6) is 0 Å². The number of nitrogens with zero attached hydrogens (tertiary/aromatic N) is 3. The van der Waals surface area contributed by atoms with Crippen molar-refractivity contribution in [1.82, 2.24) is 19.7 Å². The molecule has 0 amide bonds. The first-order valence-electron chi connectivity index (χ1n) is 5.85. The third-order valence-corrected chi connectivity index (χ3v) is 3.17. The predicted molar refractivity (Wildman–Crippen MR) is 63.7 cm³/mol. The van der Waals surface area contributed by atoms with E-state index in [0.29, 0.717) is 5.82 Å². The van der Waals surface area contributed by atoms with E-state index >= 15 is 0 Å². The molecule has 1 aliphatic carbocycles. The van der Waals surface area contributed by atoms with Crippen LogP contribution >= 0.6 is 0 Å². The molecule has 0 atom stereocenters. The molecule has 0 saturated carbocycles. The van der Waals surface area contributed by atoms with Crippen LogP contribution in [-0.2, 0) is 19.9 Å². The average Bonchev–Trinajstić information content (AvgIpc) is 2.76. The van der Waals surface area contributed by atoms with E-state index in [1.54, 1.807) is 10.9 Å². The Morgan fingerprint density at radius 3 is 2.94 bits per heavy atom. The molecular formula is C12H14N4O. The van der Waals surface area contributed by atoms with Crippen LogP contribution in [0.2, 0.25) is 0 Å². The van der Waals surface area contributed by atoms with Crippen LogP contribution in [0, 0.1) is 0 Å². The molecular weight excluding hydrogens is 216 g/mol. The van der Waals surface area contributed by atoms with Crippen LogP contribution in [0.25, 0.3) is 11.4 Å². The minimum Gasteiger partial charge on any atom is -0.306 e. The molecule has 1 aliphatic rings. The van der Waals surface area contributed by atoms with Crippen molar-refractivity contribution in [3.05, 3.63) is 34.0 Å². The highest BCUT2D eigenvalue weighted by atomic mass is 16.1. The number of aryl methyl sites for hydroxylation is 2. The van der Waals surface area contributed by atoms with Gasteiger partial charge in [0.15, 0.2) is 0 Å². The van der Waals surface area contributed by atoms with Crippen LogP contribution in [0.3, 0.4) is 0 Å². The Balaban J connectivity index is 2.13. The summed E-state index contributed by atoms with van der Waals surface area (Å²) in [5.74, 6) is 0.628. The molecule has 88 valence electrons. The molecule has 0 aromatic carbocycles. The predicted octanol–water partition coefficient (Wildman–Crippen LogP) is 1.05. The maximum absolute atomic E-state index is 11.9. The first kappa shape index (κ1) is 10.3. The smallest absolute Gasteiger partial charge is 0.254 e. The van der Waals surface area contributed by atoms with Crippen LogP contribution in [-0.4, -0.2) is 19.7 Å². The number of H-pyrrole nitrogens is 1. The minimum absolute atomic E-state index is 0.00792. The number of aromatic nitrogens is 4. The summed E-state index contributed by atoms with van der Waals surface area (Å²) in [4.78, 5) is 19.3. The summed E-state index contributed by atoms with van der Waals surface area (Å²) in [6, 6.07) is 0. The van der Waals surface area contributed by atoms with E-state index in [4.69, 9.17) is 0 Å². The van der Waals surface area contributed by atoms with E-state index in [9.17, 15) is 4.79 Å². The van der Waals surface area contributed by atoms with E-state index in [1.807, 2.05) is 13.2 Å². The molecule has 2 aromatic heterocycles. The van der Waals surface area contributed by atoms with E-state index in [0.717, 1.165) is 42.5 Å². The Morgan fingerprint density at radius 1 is 1.35 bits per heavy atom. The zero-order chi connectivity index (χ0) is 11.8. The molecule has 0 spiro atoms. The Morgan fingerprint density at radius 2 is 2.18 bits per heavy atom. The van der Waals surface area contributed by atoms with Gasteiger partial charge in [-0.1, -0.05) is 0 Å². The summed E-state index contributed by atoms with van der Waals surface area (Å²) in [6.45, 7) is 0. The molecule has 0 fully saturated rings. The zero-order valence-corrected chi connectivity index (χ0v) is 9.73. The summed E-state index contributed by atoms with van der Waals surface area (Å²) in [6.07, 6.45) is 7.54. The molecule has 17 heavy (non-hydrogen) atoms. The van der Waals surface area contributed by atoms with Gasteiger partial charge >= 0.3 is 0 Å². The van der Waals surface area contributed by atoms with Gasteiger partial charge in [0.25, 0.3) is 5.56 Å². The SMILES string of the molecule is Cn1cc(-c2nc3c(c(=O)[nH]2)CCCC3)cn1. The zero-order valence-electron chi connectivity index (χ0n) is 9.73. The van der Waals surface area contributed by atoms with Crippen molar-refractivity contribution >= 4 is 0 Å². The van der Waals surface area contributed by atoms with Gasteiger partial charge in [-0.05, 0) is 25.7 Å². The fourth-order valence-electron chi connectivity index (χ4n) is 2.28. The van der Waals surface area contributed by atoms with Gasteiger partial charge in [0.05, 0.1) is 17.5 Å². The fraction of sp³-hybridized carbons (Fsp3) is 0.417. The number of fused-ring (bicyclic) bond motifs is 1. The topological polar surface area (TPSA) is 63.6 Å². The molecule has 0 bridgehead atoms. The largest absolute Gasteiger partial charge is 0.306 e. The van der Waals surface area contributed by atoms with Gasteiger partial charge in [-0.15, -0.1) is 0 Å². The molecule has 1 N–H and O–H groups in total. The number of aromatic amines is 1. The first-order chi connectivity index (χ1) is 8.24. The van der Waals surface area contributed by atoms with Crippen LogP contribution in [0.4, 0.5) is 0 Å². The van der Waals surface area contributed by atoms with Crippen molar-refractivity contribution in [3.8, 4) is 11.4 Å². The lowest BCUT2D eigenvalue weighted by Crippen LogP contribution is -2.21. The van der Waals surface area contributed by atoms with Crippen molar-refractivity contribution in [1.29, 1.82) is 0 Å². The fourth-order valence-corrected chi connectivity index (χ4v) is 2.28. The Kier molecular flexibility index (Phi) is 2.31. The third kappa shape index (κ3) is 1.77. The number of nitrogens with one attached hydrogen (secondary N) is 1. The van der Waals surface area contributed by atoms with Crippen molar-refractivity contribution in [2.75, 3.05) is 0 Å². The Labute approximate surface area is 98.5 Å². The summed E-state index contributed by atoms with van der Waals surface area (Å²) in [7, 11) is 1.85. The lowest BCUT2D eigenvalue weighted by Gasteiger charge is -2.13. The van der Waals surface area contributed by atoms with Crippen molar-refractivity contribution in [3.63, 3.8) is 0 Å². The second kappa shape index (κ2) is 3.84. The molecule has 5 heteroatoms. The number of rotatable bonds is 1. The van der Waals surface area contributed by atoms with Crippen molar-refractivity contribution in [2.45, 2.75) is 25.7 Å². The highest BCUT2D eigenvalue weighted by Gasteiger charge is 2.16. The third-order valence-electron chi connectivity index (χ3n) is 3.17. The van der Waals surface area contributed by atoms with E-state index < -0.39 is 0 Å². The highest BCUT2D eigenvalue weighted by molar-refractivity contribution is 5.52. The standard InChI is InChI=1S/C12H14N4O/c1-16-7-8(6-13-16)11-14-10-5-3-2-4-9(10)12(17)15-11/h6-7H,2-5H2,1H3,(H,14,15,17). The molecule has 5 nitrogen and oxygen atoms in total. The Bertz CT molecular complexity index is 611. The minimum atomic E-state index is 0.00792. The monoisotopic (exact) mass is 230 g/mol. The van der Waals surface area contributed by atoms with Gasteiger partial charge in [0, 0.05) is 18.8 Å². The second-order valence-corrected chi connectivity index (χ2v) is 4.45. The molecule has 2 aromatic rings. The summed E-state index contributed by atoms with van der Waals surface area (Å²) in [5, 5.41) is 4.09. The van der Waals surface area contributed by atoms with Gasteiger partial charge in [0.1, 0.15) is 5.82 Å². The first-order valence-corrected chi connectivity index (χ1v) is 5.85. The van der Waals surface area contributed by atoms with Crippen molar-refractivity contribution < 1.29 is 0 Å². The Hall–Kier alpha value is -1.91. The maximum Gasteiger partial charge on any atom is 0.254 e. The molecule has 0 aliphatic heterocycles. The number of hydrogen-bond acceptors (Lipinski definition) is 3. The van der Waals surface area contributed by atoms with Gasteiger partial charge in [0.2, 0.25) is 0 Å². The normalized spacial score (nSPS) is 14.6.